The van der Waals surface area contributed by atoms with E-state index in [0.29, 0.717) is 5.69 Å². The Labute approximate surface area is 96.8 Å². The fourth-order valence-corrected chi connectivity index (χ4v) is 1.25. The fourth-order valence-electron chi connectivity index (χ4n) is 1.25. The van der Waals surface area contributed by atoms with Gasteiger partial charge in [-0.15, -0.1) is 0 Å². The first-order valence-electron chi connectivity index (χ1n) is 4.83. The molecule has 0 N–H and O–H groups in total. The van der Waals surface area contributed by atoms with Crippen molar-refractivity contribution in [3.05, 3.63) is 29.8 Å². The molecule has 0 saturated carbocycles. The molecule has 94 valence electrons. The van der Waals surface area contributed by atoms with Crippen molar-refractivity contribution in [3.8, 4) is 0 Å². The Balaban J connectivity index is 2.89. The average Bonchev–Trinajstić information content (AvgIpc) is 2.28. The van der Waals surface area contributed by atoms with Gasteiger partial charge in [0.1, 0.15) is 0 Å². The van der Waals surface area contributed by atoms with Gasteiger partial charge in [0.15, 0.2) is 0 Å². The maximum atomic E-state index is 12.6. The van der Waals surface area contributed by atoms with Gasteiger partial charge < -0.3 is 9.64 Å². The van der Waals surface area contributed by atoms with E-state index in [4.69, 9.17) is 0 Å². The second kappa shape index (κ2) is 5.56. The van der Waals surface area contributed by atoms with Gasteiger partial charge in [-0.05, 0) is 12.1 Å². The van der Waals surface area contributed by atoms with Crippen LogP contribution in [0.25, 0.3) is 0 Å². The molecule has 1 aromatic rings. The molecular weight excluding hydrogens is 235 g/mol. The number of benzene rings is 1. The first kappa shape index (κ1) is 13.3. The molecule has 0 aliphatic heterocycles. The second-order valence-electron chi connectivity index (χ2n) is 3.50. The molecule has 1 rings (SSSR count). The molecule has 1 aromatic carbocycles. The Kier molecular flexibility index (Phi) is 4.37. The van der Waals surface area contributed by atoms with Crippen LogP contribution in [0.2, 0.25) is 0 Å². The van der Waals surface area contributed by atoms with Crippen LogP contribution in [0.4, 0.5) is 18.9 Å². The fraction of sp³-hybridized carbons (Fsp3) is 0.364. The molecule has 0 spiro atoms. The van der Waals surface area contributed by atoms with Crippen molar-refractivity contribution in [2.75, 3.05) is 19.0 Å². The van der Waals surface area contributed by atoms with Crippen molar-refractivity contribution in [1.82, 2.24) is 0 Å². The number of carbonyl (C=O) groups is 1. The molecule has 0 aromatic heterocycles. The zero-order chi connectivity index (χ0) is 13.0. The number of carbonyl (C=O) groups excluding carboxylic acids is 1. The van der Waals surface area contributed by atoms with E-state index in [1.165, 1.54) is 6.07 Å². The van der Waals surface area contributed by atoms with Crippen molar-refractivity contribution in [2.45, 2.75) is 12.8 Å². The largest absolute Gasteiger partial charge is 0.421 e. The number of ether oxygens (including phenoxy) is 1. The molecule has 0 fully saturated rings. The van der Waals surface area contributed by atoms with Crippen LogP contribution in [-0.2, 0) is 4.74 Å². The number of esters is 1. The molecule has 0 aliphatic rings. The summed E-state index contributed by atoms with van der Waals surface area (Å²) in [6.45, 7) is 0. The maximum Gasteiger partial charge on any atom is 0.342 e. The van der Waals surface area contributed by atoms with Gasteiger partial charge in [-0.1, -0.05) is 12.1 Å². The van der Waals surface area contributed by atoms with Gasteiger partial charge >= 0.3 is 18.8 Å². The first-order chi connectivity index (χ1) is 7.93. The van der Waals surface area contributed by atoms with Crippen LogP contribution >= 0.6 is 0 Å². The summed E-state index contributed by atoms with van der Waals surface area (Å²) in [4.78, 5) is 13.1. The highest BCUT2D eigenvalue weighted by Gasteiger charge is 2.25. The quantitative estimate of drug-likeness (QED) is 0.765. The van der Waals surface area contributed by atoms with E-state index in [0.717, 1.165) is 0 Å². The number of rotatable bonds is 4. The number of halogens is 3. The summed E-state index contributed by atoms with van der Waals surface area (Å²) in [5.41, 5.74) is 0.514. The molecule has 0 aliphatic carbocycles. The summed E-state index contributed by atoms with van der Waals surface area (Å²) in [7, 11) is 3.35. The molecule has 3 nitrogen and oxygen atoms in total. The van der Waals surface area contributed by atoms with Crippen LogP contribution in [0, 0.1) is 0 Å². The van der Waals surface area contributed by atoms with E-state index in [1.54, 1.807) is 37.2 Å². The predicted molar refractivity (Wildman–Crippen MR) is 57.1 cm³/mol. The highest BCUT2D eigenvalue weighted by Crippen LogP contribution is 2.20. The van der Waals surface area contributed by atoms with E-state index in [9.17, 15) is 18.0 Å². The first-order valence-corrected chi connectivity index (χ1v) is 4.83. The molecule has 17 heavy (non-hydrogen) atoms. The SMILES string of the molecule is CN(C)c1ccccc1C(=O)OC(F)C(F)F. The van der Waals surface area contributed by atoms with E-state index in [1.807, 2.05) is 0 Å². The standard InChI is InChI=1S/C11H12F3NO2/c1-15(2)8-6-4-3-5-7(8)11(16)17-10(14)9(12)13/h3-6,9-10H,1-2H3. The van der Waals surface area contributed by atoms with Crippen LogP contribution in [0.5, 0.6) is 0 Å². The molecule has 0 radical (unpaired) electrons. The Bertz CT molecular complexity index is 396. The van der Waals surface area contributed by atoms with E-state index < -0.39 is 18.8 Å². The lowest BCUT2D eigenvalue weighted by Gasteiger charge is -2.17. The van der Waals surface area contributed by atoms with Gasteiger partial charge in [0, 0.05) is 14.1 Å². The minimum absolute atomic E-state index is 0.0424. The number of para-hydroxylation sites is 1. The van der Waals surface area contributed by atoms with Crippen LogP contribution in [0.1, 0.15) is 10.4 Å². The van der Waals surface area contributed by atoms with Crippen LogP contribution in [-0.4, -0.2) is 32.8 Å². The van der Waals surface area contributed by atoms with Crippen molar-refractivity contribution < 1.29 is 22.7 Å². The molecule has 0 amide bonds. The number of nitrogens with zero attached hydrogens (tertiary/aromatic N) is 1. The Hall–Kier alpha value is -1.72. The molecular formula is C11H12F3NO2. The zero-order valence-corrected chi connectivity index (χ0v) is 9.36. The number of alkyl halides is 3. The van der Waals surface area contributed by atoms with Gasteiger partial charge in [0.2, 0.25) is 0 Å². The monoisotopic (exact) mass is 247 g/mol. The highest BCUT2D eigenvalue weighted by molar-refractivity contribution is 5.95. The Morgan fingerprint density at radius 1 is 1.24 bits per heavy atom. The lowest BCUT2D eigenvalue weighted by Crippen LogP contribution is -2.22. The maximum absolute atomic E-state index is 12.6. The van der Waals surface area contributed by atoms with Gasteiger partial charge in [-0.2, -0.15) is 4.39 Å². The van der Waals surface area contributed by atoms with Crippen molar-refractivity contribution in [3.63, 3.8) is 0 Å². The predicted octanol–water partition coefficient (Wildman–Crippen LogP) is 2.47. The normalized spacial score (nSPS) is 12.4. The van der Waals surface area contributed by atoms with E-state index in [2.05, 4.69) is 4.74 Å². The minimum atomic E-state index is -3.34. The topological polar surface area (TPSA) is 29.5 Å². The van der Waals surface area contributed by atoms with Crippen molar-refractivity contribution >= 4 is 11.7 Å². The summed E-state index contributed by atoms with van der Waals surface area (Å²) < 4.78 is 40.4. The third kappa shape index (κ3) is 3.37. The zero-order valence-electron chi connectivity index (χ0n) is 9.36. The molecule has 1 atom stereocenters. The summed E-state index contributed by atoms with van der Waals surface area (Å²) in [5.74, 6) is -1.11. The molecule has 0 bridgehead atoms. The Morgan fingerprint density at radius 2 is 1.82 bits per heavy atom. The number of hydrogen-bond acceptors (Lipinski definition) is 3. The van der Waals surface area contributed by atoms with Gasteiger partial charge in [0.05, 0.1) is 11.3 Å². The lowest BCUT2D eigenvalue weighted by molar-refractivity contribution is -0.0970. The summed E-state index contributed by atoms with van der Waals surface area (Å²) >= 11 is 0. The summed E-state index contributed by atoms with van der Waals surface area (Å²) in [6, 6.07) is 6.20. The Morgan fingerprint density at radius 3 is 2.35 bits per heavy atom. The van der Waals surface area contributed by atoms with Crippen molar-refractivity contribution in [1.29, 1.82) is 0 Å². The molecule has 6 heteroatoms. The second-order valence-corrected chi connectivity index (χ2v) is 3.50. The van der Waals surface area contributed by atoms with Gasteiger partial charge in [-0.25, -0.2) is 13.6 Å². The van der Waals surface area contributed by atoms with Crippen LogP contribution < -0.4 is 4.90 Å². The lowest BCUT2D eigenvalue weighted by atomic mass is 10.1. The third-order valence-electron chi connectivity index (χ3n) is 2.02. The number of hydrogen-bond donors (Lipinski definition) is 0. The van der Waals surface area contributed by atoms with Gasteiger partial charge in [-0.3, -0.25) is 0 Å². The average molecular weight is 247 g/mol. The van der Waals surface area contributed by atoms with Crippen LogP contribution in [0.3, 0.4) is 0 Å². The van der Waals surface area contributed by atoms with Crippen molar-refractivity contribution in [2.24, 2.45) is 0 Å². The molecule has 0 heterocycles. The molecule has 1 unspecified atom stereocenters. The highest BCUT2D eigenvalue weighted by atomic mass is 19.3. The molecule has 0 saturated heterocycles. The van der Waals surface area contributed by atoms with E-state index >= 15 is 0 Å². The third-order valence-corrected chi connectivity index (χ3v) is 2.02. The summed E-state index contributed by atoms with van der Waals surface area (Å²) in [5, 5.41) is 0. The van der Waals surface area contributed by atoms with Crippen LogP contribution in [0.15, 0.2) is 24.3 Å². The minimum Gasteiger partial charge on any atom is -0.421 e. The number of anilines is 1. The smallest absolute Gasteiger partial charge is 0.342 e. The van der Waals surface area contributed by atoms with Gasteiger partial charge in [0.25, 0.3) is 0 Å². The summed E-state index contributed by atoms with van der Waals surface area (Å²) in [6.07, 6.45) is -6.25. The van der Waals surface area contributed by atoms with E-state index in [-0.39, 0.29) is 5.56 Å².